The maximum absolute atomic E-state index is 11.9. The fourth-order valence-electron chi connectivity index (χ4n) is 7.42. The van der Waals surface area contributed by atoms with Gasteiger partial charge in [-0.05, 0) is 81.5 Å². The van der Waals surface area contributed by atoms with Crippen molar-refractivity contribution in [3.05, 3.63) is 11.6 Å². The Morgan fingerprint density at radius 2 is 1.83 bits per heavy atom. The predicted molar refractivity (Wildman–Crippen MR) is 94.3 cm³/mol. The average molecular weight is 335 g/mol. The van der Waals surface area contributed by atoms with Crippen LogP contribution in [0.5, 0.6) is 0 Å². The molecule has 0 aromatic carbocycles. The van der Waals surface area contributed by atoms with E-state index in [4.69, 9.17) is 0 Å². The van der Waals surface area contributed by atoms with Crippen molar-refractivity contribution < 1.29 is 15.3 Å². The third-order valence-electron chi connectivity index (χ3n) is 8.92. The molecule has 0 amide bonds. The van der Waals surface area contributed by atoms with Crippen molar-refractivity contribution in [2.75, 3.05) is 0 Å². The summed E-state index contributed by atoms with van der Waals surface area (Å²) in [4.78, 5) is 0. The van der Waals surface area contributed by atoms with Gasteiger partial charge in [0.05, 0.1) is 17.8 Å². The molecule has 0 radical (unpaired) electrons. The first-order valence-corrected chi connectivity index (χ1v) is 10.0. The summed E-state index contributed by atoms with van der Waals surface area (Å²) in [5.41, 5.74) is 0.804. The van der Waals surface area contributed by atoms with Gasteiger partial charge in [0.1, 0.15) is 0 Å². The molecule has 0 bridgehead atoms. The molecule has 0 aromatic heterocycles. The first kappa shape index (κ1) is 17.1. The Labute approximate surface area is 146 Å². The van der Waals surface area contributed by atoms with E-state index in [1.165, 1.54) is 5.57 Å². The Bertz CT molecular complexity index is 555. The highest BCUT2D eigenvalue weighted by Gasteiger charge is 2.66. The minimum atomic E-state index is -0.640. The highest BCUT2D eigenvalue weighted by Crippen LogP contribution is 2.68. The van der Waals surface area contributed by atoms with Gasteiger partial charge in [-0.25, -0.2) is 0 Å². The van der Waals surface area contributed by atoms with Crippen molar-refractivity contribution in [2.24, 2.45) is 28.6 Å². The Morgan fingerprint density at radius 1 is 1.08 bits per heavy atom. The quantitative estimate of drug-likeness (QED) is 0.644. The molecule has 4 aliphatic rings. The molecule has 3 N–H and O–H groups in total. The van der Waals surface area contributed by atoms with Crippen LogP contribution in [0.4, 0.5) is 0 Å². The summed E-state index contributed by atoms with van der Waals surface area (Å²) in [5.74, 6) is 1.05. The maximum atomic E-state index is 11.9. The number of allylic oxidation sites excluding steroid dienone is 1. The Hall–Kier alpha value is -0.380. The lowest BCUT2D eigenvalue weighted by Crippen LogP contribution is -2.61. The van der Waals surface area contributed by atoms with Gasteiger partial charge in [0.25, 0.3) is 0 Å². The van der Waals surface area contributed by atoms with Crippen molar-refractivity contribution in [1.29, 1.82) is 0 Å². The topological polar surface area (TPSA) is 60.7 Å². The normalized spacial score (nSPS) is 55.2. The van der Waals surface area contributed by atoms with Crippen molar-refractivity contribution in [1.82, 2.24) is 0 Å². The molecule has 3 nitrogen and oxygen atoms in total. The van der Waals surface area contributed by atoms with Gasteiger partial charge < -0.3 is 15.3 Å². The molecular weight excluding hydrogens is 300 g/mol. The predicted octanol–water partition coefficient (Wildman–Crippen LogP) is 3.42. The van der Waals surface area contributed by atoms with Crippen LogP contribution in [0.15, 0.2) is 11.6 Å². The van der Waals surface area contributed by atoms with E-state index in [0.717, 1.165) is 51.4 Å². The van der Waals surface area contributed by atoms with Gasteiger partial charge in [-0.1, -0.05) is 25.5 Å². The number of aliphatic hydroxyl groups is 3. The summed E-state index contributed by atoms with van der Waals surface area (Å²) in [6.45, 7) is 6.52. The van der Waals surface area contributed by atoms with Crippen LogP contribution in [0.2, 0.25) is 0 Å². The number of hydrogen-bond acceptors (Lipinski definition) is 3. The van der Waals surface area contributed by atoms with Gasteiger partial charge in [-0.2, -0.15) is 0 Å². The largest absolute Gasteiger partial charge is 0.393 e. The van der Waals surface area contributed by atoms with E-state index in [1.807, 2.05) is 6.92 Å². The Kier molecular flexibility index (Phi) is 3.77. The third kappa shape index (κ3) is 2.01. The molecule has 0 heterocycles. The number of aliphatic hydroxyl groups excluding tert-OH is 2. The second kappa shape index (κ2) is 5.31. The minimum Gasteiger partial charge on any atom is -0.393 e. The van der Waals surface area contributed by atoms with E-state index >= 15 is 0 Å². The zero-order valence-corrected chi connectivity index (χ0v) is 15.5. The average Bonchev–Trinajstić information content (AvgIpc) is 2.80. The van der Waals surface area contributed by atoms with Crippen molar-refractivity contribution in [2.45, 2.75) is 89.9 Å². The fraction of sp³-hybridized carbons (Fsp3) is 0.905. The highest BCUT2D eigenvalue weighted by molar-refractivity contribution is 5.28. The molecule has 24 heavy (non-hydrogen) atoms. The summed E-state index contributed by atoms with van der Waals surface area (Å²) < 4.78 is 0. The van der Waals surface area contributed by atoms with Gasteiger partial charge in [0.15, 0.2) is 0 Å². The van der Waals surface area contributed by atoms with E-state index in [2.05, 4.69) is 19.9 Å². The number of rotatable bonds is 1. The van der Waals surface area contributed by atoms with Crippen molar-refractivity contribution in [3.63, 3.8) is 0 Å². The molecule has 0 aliphatic heterocycles. The third-order valence-corrected chi connectivity index (χ3v) is 8.92. The fourth-order valence-corrected chi connectivity index (χ4v) is 7.42. The molecule has 0 saturated heterocycles. The molecule has 0 aromatic rings. The summed E-state index contributed by atoms with van der Waals surface area (Å²) >= 11 is 0. The number of hydrogen-bond donors (Lipinski definition) is 3. The smallest absolute Gasteiger partial charge is 0.0738 e. The first-order valence-electron chi connectivity index (χ1n) is 10.0. The second-order valence-electron chi connectivity index (χ2n) is 9.76. The minimum absolute atomic E-state index is 0.155. The molecule has 3 saturated carbocycles. The van der Waals surface area contributed by atoms with Gasteiger partial charge in [0, 0.05) is 5.41 Å². The summed E-state index contributed by atoms with van der Waals surface area (Å²) in [7, 11) is 0. The van der Waals surface area contributed by atoms with Gasteiger partial charge in [-0.15, -0.1) is 0 Å². The SMILES string of the molecule is C[C@H](O)[C@H]1CC[C@]2(O)[C@@H]3CC=C4C[C@@H](O)CC[C@]4(C)[C@@H]3CC[C@]12C. The van der Waals surface area contributed by atoms with Crippen LogP contribution >= 0.6 is 0 Å². The molecule has 136 valence electrons. The Balaban J connectivity index is 1.71. The lowest BCUT2D eigenvalue weighted by atomic mass is 9.45. The zero-order chi connectivity index (χ0) is 17.3. The van der Waals surface area contributed by atoms with E-state index in [-0.39, 0.29) is 29.0 Å². The van der Waals surface area contributed by atoms with Crippen LogP contribution in [-0.2, 0) is 0 Å². The summed E-state index contributed by atoms with van der Waals surface area (Å²) in [5, 5.41) is 32.2. The van der Waals surface area contributed by atoms with Gasteiger partial charge >= 0.3 is 0 Å². The van der Waals surface area contributed by atoms with Gasteiger partial charge in [-0.3, -0.25) is 0 Å². The molecule has 4 aliphatic carbocycles. The van der Waals surface area contributed by atoms with E-state index < -0.39 is 5.60 Å². The molecule has 3 fully saturated rings. The zero-order valence-electron chi connectivity index (χ0n) is 15.5. The molecule has 8 atom stereocenters. The highest BCUT2D eigenvalue weighted by atomic mass is 16.3. The lowest BCUT2D eigenvalue weighted by molar-refractivity contribution is -0.186. The Morgan fingerprint density at radius 3 is 2.54 bits per heavy atom. The first-order chi connectivity index (χ1) is 11.2. The van der Waals surface area contributed by atoms with Crippen LogP contribution in [-0.4, -0.2) is 33.1 Å². The lowest BCUT2D eigenvalue weighted by Gasteiger charge is -2.61. The molecule has 0 unspecified atom stereocenters. The number of fused-ring (bicyclic) bond motifs is 5. The van der Waals surface area contributed by atoms with Crippen molar-refractivity contribution in [3.8, 4) is 0 Å². The van der Waals surface area contributed by atoms with E-state index in [9.17, 15) is 15.3 Å². The van der Waals surface area contributed by atoms with Crippen LogP contribution in [0.1, 0.15) is 72.1 Å². The molecule has 3 heteroatoms. The van der Waals surface area contributed by atoms with E-state index in [0.29, 0.717) is 11.8 Å². The maximum Gasteiger partial charge on any atom is 0.0738 e. The summed E-state index contributed by atoms with van der Waals surface area (Å²) in [6, 6.07) is 0. The standard InChI is InChI=1S/C21H34O3/c1-13(22)16-8-11-21(24)18-5-4-14-12-15(23)6-9-19(14,2)17(18)7-10-20(16,21)3/h4,13,15-18,22-24H,5-12H2,1-3H3/t13-,15-,16+,17+,18+,19-,20+,21-/m0/s1. The molecule has 4 rings (SSSR count). The van der Waals surface area contributed by atoms with Crippen LogP contribution in [0.3, 0.4) is 0 Å². The second-order valence-corrected chi connectivity index (χ2v) is 9.76. The summed E-state index contributed by atoms with van der Waals surface area (Å²) in [6.07, 6.45) is 9.50. The van der Waals surface area contributed by atoms with Gasteiger partial charge in [0.2, 0.25) is 0 Å². The molecular formula is C21H34O3. The van der Waals surface area contributed by atoms with Crippen molar-refractivity contribution >= 4 is 0 Å². The van der Waals surface area contributed by atoms with E-state index in [1.54, 1.807) is 0 Å². The van der Waals surface area contributed by atoms with Crippen LogP contribution in [0, 0.1) is 28.6 Å². The van der Waals surface area contributed by atoms with Crippen LogP contribution in [0.25, 0.3) is 0 Å². The van der Waals surface area contributed by atoms with Crippen LogP contribution < -0.4 is 0 Å². The monoisotopic (exact) mass is 334 g/mol. The molecule has 0 spiro atoms.